The first kappa shape index (κ1) is 18.2. The number of amides is 1. The van der Waals surface area contributed by atoms with Crippen LogP contribution in [0.2, 0.25) is 0 Å². The van der Waals surface area contributed by atoms with Gasteiger partial charge in [0.2, 0.25) is 5.91 Å². The molecule has 0 bridgehead atoms. The molecule has 1 aliphatic heterocycles. The molecule has 8 nitrogen and oxygen atoms in total. The van der Waals surface area contributed by atoms with Crippen LogP contribution in [0.4, 0.5) is 5.82 Å². The Kier molecular flexibility index (Phi) is 4.73. The van der Waals surface area contributed by atoms with E-state index in [4.69, 9.17) is 0 Å². The Balaban J connectivity index is 1.24. The van der Waals surface area contributed by atoms with Crippen molar-refractivity contribution in [3.63, 3.8) is 0 Å². The summed E-state index contributed by atoms with van der Waals surface area (Å²) in [6.07, 6.45) is 6.48. The van der Waals surface area contributed by atoms with Crippen LogP contribution in [0.5, 0.6) is 0 Å². The number of carbonyl (C=O) groups excluding carboxylic acids is 1. The number of fused-ring (bicyclic) bond motifs is 1. The second kappa shape index (κ2) is 7.53. The number of aromatic nitrogens is 4. The molecule has 29 heavy (non-hydrogen) atoms. The maximum Gasteiger partial charge on any atom is 0.239 e. The molecule has 3 aromatic rings. The average Bonchev–Trinajstić information content (AvgIpc) is 3.48. The van der Waals surface area contributed by atoms with Crippen LogP contribution in [0.15, 0.2) is 36.7 Å². The van der Waals surface area contributed by atoms with Gasteiger partial charge in [0.1, 0.15) is 0 Å². The summed E-state index contributed by atoms with van der Waals surface area (Å²) in [6.45, 7) is 4.41. The van der Waals surface area contributed by atoms with Crippen molar-refractivity contribution in [2.24, 2.45) is 7.05 Å². The van der Waals surface area contributed by atoms with E-state index in [-0.39, 0.29) is 5.91 Å². The van der Waals surface area contributed by atoms with Gasteiger partial charge in [0.25, 0.3) is 0 Å². The van der Waals surface area contributed by atoms with E-state index in [1.54, 1.807) is 4.68 Å². The van der Waals surface area contributed by atoms with E-state index in [0.717, 1.165) is 54.3 Å². The molecule has 2 aliphatic rings. The van der Waals surface area contributed by atoms with Gasteiger partial charge in [-0.1, -0.05) is 6.07 Å². The van der Waals surface area contributed by atoms with Crippen LogP contribution in [0.3, 0.4) is 0 Å². The van der Waals surface area contributed by atoms with E-state index in [2.05, 4.69) is 30.4 Å². The summed E-state index contributed by atoms with van der Waals surface area (Å²) in [4.78, 5) is 17.2. The predicted molar refractivity (Wildman–Crippen MR) is 111 cm³/mol. The number of hydrogen-bond acceptors (Lipinski definition) is 6. The Bertz CT molecular complexity index is 1030. The van der Waals surface area contributed by atoms with Crippen molar-refractivity contribution in [3.8, 4) is 11.1 Å². The Morgan fingerprint density at radius 2 is 1.93 bits per heavy atom. The zero-order valence-corrected chi connectivity index (χ0v) is 16.6. The van der Waals surface area contributed by atoms with Gasteiger partial charge in [-0.05, 0) is 36.6 Å². The molecule has 1 amide bonds. The minimum atomic E-state index is -0.0399. The maximum absolute atomic E-state index is 12.5. The lowest BCUT2D eigenvalue weighted by Crippen LogP contribution is -2.49. The van der Waals surface area contributed by atoms with Crippen molar-refractivity contribution >= 4 is 22.6 Å². The smallest absolute Gasteiger partial charge is 0.239 e. The van der Waals surface area contributed by atoms with E-state index in [1.165, 1.54) is 12.8 Å². The molecule has 3 heterocycles. The van der Waals surface area contributed by atoms with Crippen molar-refractivity contribution in [1.82, 2.24) is 29.8 Å². The summed E-state index contributed by atoms with van der Waals surface area (Å²) < 4.78 is 1.78. The van der Waals surface area contributed by atoms with Gasteiger partial charge in [-0.3, -0.25) is 19.3 Å². The van der Waals surface area contributed by atoms with Crippen LogP contribution in [-0.2, 0) is 11.8 Å². The van der Waals surface area contributed by atoms with E-state index in [0.29, 0.717) is 12.4 Å². The highest BCUT2D eigenvalue weighted by atomic mass is 16.2. The van der Waals surface area contributed by atoms with E-state index < -0.39 is 0 Å². The van der Waals surface area contributed by atoms with Gasteiger partial charge in [-0.25, -0.2) is 0 Å². The molecule has 0 atom stereocenters. The normalized spacial score (nSPS) is 18.2. The summed E-state index contributed by atoms with van der Waals surface area (Å²) in [5.74, 6) is 0.449. The fraction of sp³-hybridized carbons (Fsp3) is 0.429. The van der Waals surface area contributed by atoms with E-state index in [1.807, 2.05) is 43.7 Å². The highest BCUT2D eigenvalue weighted by molar-refractivity contribution is 5.93. The third-order valence-corrected chi connectivity index (χ3v) is 5.73. The molecule has 1 saturated heterocycles. The Labute approximate surface area is 169 Å². The average molecular weight is 391 g/mol. The number of anilines is 1. The number of nitrogens with one attached hydrogen (secondary N) is 1. The van der Waals surface area contributed by atoms with Gasteiger partial charge in [0, 0.05) is 56.4 Å². The molecule has 1 aliphatic carbocycles. The zero-order chi connectivity index (χ0) is 19.8. The molecule has 0 spiro atoms. The SMILES string of the molecule is Cn1cc(-c2ccc3nnc(NC(=O)CN4CCN(C5CC5)CC4)cc3c2)cn1. The molecule has 0 unspecified atom stereocenters. The fourth-order valence-electron chi connectivity index (χ4n) is 3.97. The van der Waals surface area contributed by atoms with E-state index in [9.17, 15) is 4.79 Å². The lowest BCUT2D eigenvalue weighted by atomic mass is 10.1. The highest BCUT2D eigenvalue weighted by Crippen LogP contribution is 2.27. The minimum absolute atomic E-state index is 0.0399. The molecule has 2 fully saturated rings. The second-order valence-electron chi connectivity index (χ2n) is 8.00. The molecular formula is C21H25N7O. The van der Waals surface area contributed by atoms with Gasteiger partial charge >= 0.3 is 0 Å². The first-order valence-electron chi connectivity index (χ1n) is 10.2. The van der Waals surface area contributed by atoms with Crippen molar-refractivity contribution in [3.05, 3.63) is 36.7 Å². The number of nitrogens with zero attached hydrogens (tertiary/aromatic N) is 6. The molecule has 1 saturated carbocycles. The van der Waals surface area contributed by atoms with Crippen LogP contribution < -0.4 is 5.32 Å². The van der Waals surface area contributed by atoms with Crippen LogP contribution in [0.25, 0.3) is 22.0 Å². The first-order valence-corrected chi connectivity index (χ1v) is 10.2. The van der Waals surface area contributed by atoms with Crippen LogP contribution in [0, 0.1) is 0 Å². The van der Waals surface area contributed by atoms with Gasteiger partial charge in [-0.2, -0.15) is 5.10 Å². The lowest BCUT2D eigenvalue weighted by molar-refractivity contribution is -0.117. The number of benzene rings is 1. The Morgan fingerprint density at radius 1 is 1.10 bits per heavy atom. The summed E-state index contributed by atoms with van der Waals surface area (Å²) in [7, 11) is 1.90. The van der Waals surface area contributed by atoms with Gasteiger partial charge in [-0.15, -0.1) is 10.2 Å². The maximum atomic E-state index is 12.5. The second-order valence-corrected chi connectivity index (χ2v) is 8.00. The largest absolute Gasteiger partial charge is 0.308 e. The molecule has 1 aromatic carbocycles. The first-order chi connectivity index (χ1) is 14.1. The Morgan fingerprint density at radius 3 is 2.66 bits per heavy atom. The lowest BCUT2D eigenvalue weighted by Gasteiger charge is -2.34. The van der Waals surface area contributed by atoms with Crippen LogP contribution in [0.1, 0.15) is 12.8 Å². The van der Waals surface area contributed by atoms with Crippen LogP contribution in [-0.4, -0.2) is 74.5 Å². The number of aryl methyl sites for hydroxylation is 1. The van der Waals surface area contributed by atoms with Crippen molar-refractivity contribution in [2.75, 3.05) is 38.0 Å². The standard InChI is InChI=1S/C21H25N7O/c1-26-13-17(12-22-26)15-2-5-19-16(10-15)11-20(25-24-19)23-21(29)14-27-6-8-28(9-7-27)18-3-4-18/h2,5,10-13,18H,3-4,6-9,14H2,1H3,(H,23,25,29). The predicted octanol–water partition coefficient (Wildman–Crippen LogP) is 1.75. The molecule has 0 radical (unpaired) electrons. The molecule has 8 heteroatoms. The number of piperazine rings is 1. The van der Waals surface area contributed by atoms with Crippen molar-refractivity contribution < 1.29 is 4.79 Å². The summed E-state index contributed by atoms with van der Waals surface area (Å²) >= 11 is 0. The molecule has 2 aromatic heterocycles. The monoisotopic (exact) mass is 391 g/mol. The summed E-state index contributed by atoms with van der Waals surface area (Å²) in [5, 5.41) is 16.5. The van der Waals surface area contributed by atoms with Crippen LogP contribution >= 0.6 is 0 Å². The Hall–Kier alpha value is -2.84. The summed E-state index contributed by atoms with van der Waals surface area (Å²) in [5.41, 5.74) is 2.90. The van der Waals surface area contributed by atoms with E-state index >= 15 is 0 Å². The molecule has 5 rings (SSSR count). The van der Waals surface area contributed by atoms with Gasteiger partial charge in [0.15, 0.2) is 5.82 Å². The topological polar surface area (TPSA) is 79.2 Å². The minimum Gasteiger partial charge on any atom is -0.308 e. The highest BCUT2D eigenvalue weighted by Gasteiger charge is 2.31. The quantitative estimate of drug-likeness (QED) is 0.714. The molecule has 150 valence electrons. The zero-order valence-electron chi connectivity index (χ0n) is 16.6. The molecular weight excluding hydrogens is 366 g/mol. The van der Waals surface area contributed by atoms with Crippen molar-refractivity contribution in [2.45, 2.75) is 18.9 Å². The summed E-state index contributed by atoms with van der Waals surface area (Å²) in [6, 6.07) is 8.68. The number of hydrogen-bond donors (Lipinski definition) is 1. The fourth-order valence-corrected chi connectivity index (χ4v) is 3.97. The number of carbonyl (C=O) groups is 1. The third-order valence-electron chi connectivity index (χ3n) is 5.73. The third kappa shape index (κ3) is 4.13. The molecule has 1 N–H and O–H groups in total. The van der Waals surface area contributed by atoms with Gasteiger partial charge in [0.05, 0.1) is 18.3 Å². The van der Waals surface area contributed by atoms with Crippen molar-refractivity contribution in [1.29, 1.82) is 0 Å². The van der Waals surface area contributed by atoms with Gasteiger partial charge < -0.3 is 5.32 Å². The number of rotatable bonds is 5.